The molecule has 2 aliphatic rings. The molecule has 1 aliphatic heterocycles. The second-order valence-corrected chi connectivity index (χ2v) is 7.80. The van der Waals surface area contributed by atoms with Crippen molar-refractivity contribution in [3.8, 4) is 6.07 Å². The maximum atomic E-state index is 12.8. The third-order valence-corrected chi connectivity index (χ3v) is 4.88. The number of benzene rings is 1. The van der Waals surface area contributed by atoms with Crippen LogP contribution < -0.4 is 0 Å². The number of hydrogen-bond acceptors (Lipinski definition) is 4. The smallest absolute Gasteiger partial charge is 0.205 e. The van der Waals surface area contributed by atoms with E-state index in [2.05, 4.69) is 22.0 Å². The normalized spacial score (nSPS) is 26.3. The second-order valence-electron chi connectivity index (χ2n) is 6.88. The number of carbonyl (C=O) groups is 1. The molecule has 0 aromatic heterocycles. The van der Waals surface area contributed by atoms with E-state index >= 15 is 0 Å². The zero-order valence-corrected chi connectivity index (χ0v) is 14.6. The first kappa shape index (κ1) is 15.9. The maximum absolute atomic E-state index is 12.8. The summed E-state index contributed by atoms with van der Waals surface area (Å²) in [5, 5.41) is 17.6. The Kier molecular flexibility index (Phi) is 3.89. The van der Waals surface area contributed by atoms with Gasteiger partial charge in [0.25, 0.3) is 0 Å². The van der Waals surface area contributed by atoms with Gasteiger partial charge in [0.05, 0.1) is 6.07 Å². The highest BCUT2D eigenvalue weighted by molar-refractivity contribution is 9.10. The van der Waals surface area contributed by atoms with Crippen molar-refractivity contribution in [2.24, 2.45) is 11.3 Å². The Morgan fingerprint density at radius 1 is 1.39 bits per heavy atom. The Labute approximate surface area is 143 Å². The molecule has 1 heterocycles. The van der Waals surface area contributed by atoms with Crippen molar-refractivity contribution in [1.82, 2.24) is 0 Å². The van der Waals surface area contributed by atoms with Gasteiger partial charge in [0.1, 0.15) is 11.7 Å². The Hall–Kier alpha value is -1.93. The molecular formula is C18H17BrN2O2. The molecule has 1 aliphatic carbocycles. The van der Waals surface area contributed by atoms with Gasteiger partial charge in [0.15, 0.2) is 5.78 Å². The van der Waals surface area contributed by atoms with Gasteiger partial charge in [-0.3, -0.25) is 10.2 Å². The van der Waals surface area contributed by atoms with Crippen LogP contribution in [0.2, 0.25) is 0 Å². The summed E-state index contributed by atoms with van der Waals surface area (Å²) in [6, 6.07) is 9.73. The molecule has 0 saturated carbocycles. The van der Waals surface area contributed by atoms with Crippen molar-refractivity contribution >= 4 is 27.6 Å². The van der Waals surface area contributed by atoms with Crippen LogP contribution in [0.4, 0.5) is 0 Å². The zero-order valence-electron chi connectivity index (χ0n) is 13.0. The average molecular weight is 373 g/mol. The quantitative estimate of drug-likeness (QED) is 0.797. The molecule has 0 radical (unpaired) electrons. The van der Waals surface area contributed by atoms with Crippen molar-refractivity contribution < 1.29 is 9.53 Å². The topological polar surface area (TPSA) is 73.9 Å². The van der Waals surface area contributed by atoms with Crippen molar-refractivity contribution in [3.63, 3.8) is 0 Å². The minimum absolute atomic E-state index is 0.0222. The van der Waals surface area contributed by atoms with Crippen molar-refractivity contribution in [2.45, 2.75) is 32.6 Å². The Morgan fingerprint density at radius 2 is 2.13 bits per heavy atom. The van der Waals surface area contributed by atoms with Crippen molar-refractivity contribution in [3.05, 3.63) is 45.6 Å². The Morgan fingerprint density at radius 3 is 2.78 bits per heavy atom. The third kappa shape index (κ3) is 2.84. The molecule has 23 heavy (non-hydrogen) atoms. The second kappa shape index (κ2) is 5.61. The lowest BCUT2D eigenvalue weighted by atomic mass is 9.68. The number of ketones is 1. The number of halogens is 1. The van der Waals surface area contributed by atoms with Crippen molar-refractivity contribution in [1.29, 1.82) is 10.7 Å². The molecule has 0 fully saturated rings. The summed E-state index contributed by atoms with van der Waals surface area (Å²) in [6.45, 7) is 4.04. The average Bonchev–Trinajstić information content (AvgIpc) is 2.44. The highest BCUT2D eigenvalue weighted by atomic mass is 79.9. The first-order valence-electron chi connectivity index (χ1n) is 7.50. The number of nitriles is 1. The van der Waals surface area contributed by atoms with Crippen LogP contribution in [-0.4, -0.2) is 11.7 Å². The maximum Gasteiger partial charge on any atom is 0.205 e. The summed E-state index contributed by atoms with van der Waals surface area (Å²) in [4.78, 5) is 12.8. The zero-order chi connectivity index (χ0) is 16.8. The lowest BCUT2D eigenvalue weighted by molar-refractivity contribution is -0.119. The molecule has 1 aromatic rings. The van der Waals surface area contributed by atoms with Gasteiger partial charge < -0.3 is 4.74 Å². The minimum Gasteiger partial charge on any atom is -0.446 e. The van der Waals surface area contributed by atoms with Gasteiger partial charge >= 0.3 is 0 Å². The molecule has 1 N–H and O–H groups in total. The van der Waals surface area contributed by atoms with Gasteiger partial charge in [0.2, 0.25) is 5.90 Å². The van der Waals surface area contributed by atoms with E-state index in [4.69, 9.17) is 10.1 Å². The number of nitrogens with one attached hydrogen (secondary N) is 1. The van der Waals surface area contributed by atoms with E-state index in [1.165, 1.54) is 0 Å². The molecule has 0 bridgehead atoms. The van der Waals surface area contributed by atoms with E-state index in [1.54, 1.807) is 0 Å². The summed E-state index contributed by atoms with van der Waals surface area (Å²) < 4.78 is 6.47. The fourth-order valence-electron chi connectivity index (χ4n) is 3.42. The van der Waals surface area contributed by atoms with Gasteiger partial charge in [-0.2, -0.15) is 5.26 Å². The third-order valence-electron chi connectivity index (χ3n) is 4.39. The molecule has 5 heteroatoms. The predicted octanol–water partition coefficient (Wildman–Crippen LogP) is 4.32. The fraction of sp³-hybridized carbons (Fsp3) is 0.389. The number of nitrogens with zero attached hydrogens (tertiary/aromatic N) is 1. The fourth-order valence-corrected chi connectivity index (χ4v) is 3.84. The first-order valence-corrected chi connectivity index (χ1v) is 8.29. The summed E-state index contributed by atoms with van der Waals surface area (Å²) in [5.41, 5.74) is 1.25. The lowest BCUT2D eigenvalue weighted by Gasteiger charge is -2.39. The van der Waals surface area contributed by atoms with E-state index in [0.717, 1.165) is 10.0 Å². The van der Waals surface area contributed by atoms with Crippen LogP contribution in [0.1, 0.15) is 38.2 Å². The van der Waals surface area contributed by atoms with Crippen LogP contribution in [0.3, 0.4) is 0 Å². The standard InChI is InChI=1S/C18H17BrN2O2/c1-18(2)7-13(22)16-14(8-18)23-17(21)12(9-20)15(16)10-4-3-5-11(19)6-10/h3-6,12,15,21H,7-8H2,1-2H3. The molecule has 4 nitrogen and oxygen atoms in total. The molecule has 0 spiro atoms. The van der Waals surface area contributed by atoms with Gasteiger partial charge in [-0.15, -0.1) is 0 Å². The largest absolute Gasteiger partial charge is 0.446 e. The molecule has 0 saturated heterocycles. The van der Waals surface area contributed by atoms with E-state index in [9.17, 15) is 10.1 Å². The minimum atomic E-state index is -0.770. The first-order chi connectivity index (χ1) is 10.8. The number of hydrogen-bond donors (Lipinski definition) is 1. The van der Waals surface area contributed by atoms with E-state index < -0.39 is 11.8 Å². The number of allylic oxidation sites excluding steroid dienone is 2. The van der Waals surface area contributed by atoms with Crippen LogP contribution in [0.15, 0.2) is 40.1 Å². The molecule has 1 aromatic carbocycles. The Balaban J connectivity index is 2.18. The number of rotatable bonds is 1. The summed E-state index contributed by atoms with van der Waals surface area (Å²) in [6.07, 6.45) is 1.05. The predicted molar refractivity (Wildman–Crippen MR) is 89.8 cm³/mol. The number of ether oxygens (including phenoxy) is 1. The molecule has 2 unspecified atom stereocenters. The van der Waals surface area contributed by atoms with Crippen LogP contribution in [-0.2, 0) is 9.53 Å². The van der Waals surface area contributed by atoms with E-state index in [0.29, 0.717) is 24.2 Å². The SMILES string of the molecule is CC1(C)CC(=O)C2=C(C1)OC(=N)C(C#N)C2c1cccc(Br)c1. The van der Waals surface area contributed by atoms with Crippen LogP contribution in [0.25, 0.3) is 0 Å². The van der Waals surface area contributed by atoms with Gasteiger partial charge in [-0.25, -0.2) is 0 Å². The van der Waals surface area contributed by atoms with Gasteiger partial charge in [-0.1, -0.05) is 41.9 Å². The number of carbonyl (C=O) groups excluding carboxylic acids is 1. The van der Waals surface area contributed by atoms with Crippen molar-refractivity contribution in [2.75, 3.05) is 0 Å². The summed E-state index contributed by atoms with van der Waals surface area (Å²) in [7, 11) is 0. The monoisotopic (exact) mass is 372 g/mol. The molecular weight excluding hydrogens is 356 g/mol. The lowest BCUT2D eigenvalue weighted by Crippen LogP contribution is -2.38. The van der Waals surface area contributed by atoms with Crippen LogP contribution in [0.5, 0.6) is 0 Å². The van der Waals surface area contributed by atoms with Crippen LogP contribution >= 0.6 is 15.9 Å². The Bertz CT molecular complexity index is 773. The molecule has 118 valence electrons. The molecule has 2 atom stereocenters. The van der Waals surface area contributed by atoms with Crippen LogP contribution in [0, 0.1) is 28.1 Å². The van der Waals surface area contributed by atoms with E-state index in [1.807, 2.05) is 38.1 Å². The molecule has 3 rings (SSSR count). The number of Topliss-reactive ketones (excluding diaryl/α,β-unsaturated/α-hetero) is 1. The highest BCUT2D eigenvalue weighted by Gasteiger charge is 2.46. The molecule has 0 amide bonds. The summed E-state index contributed by atoms with van der Waals surface area (Å²) >= 11 is 3.44. The van der Waals surface area contributed by atoms with E-state index in [-0.39, 0.29) is 17.1 Å². The summed E-state index contributed by atoms with van der Waals surface area (Å²) in [5.74, 6) is -0.686. The van der Waals surface area contributed by atoms with Gasteiger partial charge in [0, 0.05) is 28.8 Å². The highest BCUT2D eigenvalue weighted by Crippen LogP contribution is 2.48. The van der Waals surface area contributed by atoms with Gasteiger partial charge in [-0.05, 0) is 23.1 Å².